The summed E-state index contributed by atoms with van der Waals surface area (Å²) in [5.41, 5.74) is 1.65. The minimum absolute atomic E-state index is 0.0902. The first-order valence-corrected chi connectivity index (χ1v) is 16.4. The molecule has 11 heteroatoms. The Hall–Kier alpha value is -2.34. The van der Waals surface area contributed by atoms with Gasteiger partial charge in [-0.25, -0.2) is 8.42 Å². The molecule has 0 saturated carbocycles. The van der Waals surface area contributed by atoms with E-state index in [4.69, 9.17) is 23.2 Å². The van der Waals surface area contributed by atoms with E-state index in [0.717, 1.165) is 19.7 Å². The minimum atomic E-state index is -3.85. The van der Waals surface area contributed by atoms with Crippen molar-refractivity contribution in [1.29, 1.82) is 0 Å². The van der Waals surface area contributed by atoms with Crippen LogP contribution in [-0.2, 0) is 32.6 Å². The highest BCUT2D eigenvalue weighted by atomic mass is 127. The zero-order chi connectivity index (χ0) is 29.4. The average molecular weight is 716 g/mol. The lowest BCUT2D eigenvalue weighted by Gasteiger charge is -2.34. The van der Waals surface area contributed by atoms with Crippen LogP contribution in [0.4, 0.5) is 5.69 Å². The van der Waals surface area contributed by atoms with Gasteiger partial charge in [0.2, 0.25) is 21.8 Å². The molecule has 40 heavy (non-hydrogen) atoms. The first kappa shape index (κ1) is 32.2. The van der Waals surface area contributed by atoms with Crippen LogP contribution >= 0.6 is 45.8 Å². The zero-order valence-corrected chi connectivity index (χ0v) is 27.0. The normalized spacial score (nSPS) is 12.8. The Morgan fingerprint density at radius 3 is 2.10 bits per heavy atom. The van der Waals surface area contributed by atoms with Gasteiger partial charge in [-0.2, -0.15) is 0 Å². The SMILES string of the molecule is CC[C@H](C)NC(=O)[C@H](Cc1ccccc1)N(Cc1c(Cl)cccc1Cl)C(=O)CN(c1ccc(I)cc1)S(C)(=O)=O. The summed E-state index contributed by atoms with van der Waals surface area (Å²) in [5.74, 6) is -0.921. The molecular weight excluding hydrogens is 684 g/mol. The molecule has 7 nitrogen and oxygen atoms in total. The topological polar surface area (TPSA) is 86.8 Å². The Labute approximate surface area is 260 Å². The molecule has 0 fully saturated rings. The molecule has 0 heterocycles. The maximum Gasteiger partial charge on any atom is 0.244 e. The number of sulfonamides is 1. The van der Waals surface area contributed by atoms with Gasteiger partial charge in [0.05, 0.1) is 11.9 Å². The highest BCUT2D eigenvalue weighted by Crippen LogP contribution is 2.28. The quantitative estimate of drug-likeness (QED) is 0.236. The number of amides is 2. The van der Waals surface area contributed by atoms with E-state index in [1.165, 1.54) is 4.90 Å². The second-order valence-corrected chi connectivity index (χ2v) is 13.5. The molecule has 0 bridgehead atoms. The maximum atomic E-state index is 14.1. The molecule has 0 aliphatic heterocycles. The summed E-state index contributed by atoms with van der Waals surface area (Å²) < 4.78 is 27.7. The lowest BCUT2D eigenvalue weighted by atomic mass is 10.0. The van der Waals surface area contributed by atoms with Gasteiger partial charge in [0.15, 0.2) is 0 Å². The average Bonchev–Trinajstić information content (AvgIpc) is 2.91. The standard InChI is InChI=1S/C29H32Cl2IN3O4S/c1-4-20(2)33-29(37)27(17-21-9-6-5-7-10-21)34(18-24-25(30)11-8-12-26(24)31)28(36)19-35(40(3,38)39)23-15-13-22(32)14-16-23/h5-16,20,27H,4,17-19H2,1-3H3,(H,33,37)/t20-,27-/m0/s1. The molecule has 0 aliphatic carbocycles. The third kappa shape index (κ3) is 8.83. The van der Waals surface area contributed by atoms with Crippen molar-refractivity contribution in [3.8, 4) is 0 Å². The van der Waals surface area contributed by atoms with Gasteiger partial charge in [-0.05, 0) is 77.9 Å². The summed E-state index contributed by atoms with van der Waals surface area (Å²) >= 11 is 15.1. The Kier molecular flexibility index (Phi) is 11.7. The largest absolute Gasteiger partial charge is 0.352 e. The van der Waals surface area contributed by atoms with E-state index in [0.29, 0.717) is 27.7 Å². The summed E-state index contributed by atoms with van der Waals surface area (Å²) in [6, 6.07) is 20.1. The van der Waals surface area contributed by atoms with Crippen molar-refractivity contribution in [2.75, 3.05) is 17.1 Å². The molecule has 0 saturated heterocycles. The number of anilines is 1. The second-order valence-electron chi connectivity index (χ2n) is 9.49. The summed E-state index contributed by atoms with van der Waals surface area (Å²) in [5, 5.41) is 3.66. The predicted octanol–water partition coefficient (Wildman–Crippen LogP) is 5.92. The van der Waals surface area contributed by atoms with E-state index in [-0.39, 0.29) is 24.9 Å². The first-order valence-electron chi connectivity index (χ1n) is 12.7. The monoisotopic (exact) mass is 715 g/mol. The van der Waals surface area contributed by atoms with Crippen LogP contribution in [0.1, 0.15) is 31.4 Å². The molecule has 0 aromatic heterocycles. The molecule has 1 N–H and O–H groups in total. The molecule has 0 spiro atoms. The molecule has 2 atom stereocenters. The lowest BCUT2D eigenvalue weighted by molar-refractivity contribution is -0.140. The minimum Gasteiger partial charge on any atom is -0.352 e. The molecule has 3 aromatic rings. The Bertz CT molecular complexity index is 1400. The van der Waals surface area contributed by atoms with E-state index in [9.17, 15) is 18.0 Å². The second kappa shape index (κ2) is 14.5. The zero-order valence-electron chi connectivity index (χ0n) is 22.5. The fourth-order valence-corrected chi connectivity index (χ4v) is 5.80. The van der Waals surface area contributed by atoms with E-state index in [1.807, 2.05) is 44.2 Å². The van der Waals surface area contributed by atoms with Gasteiger partial charge >= 0.3 is 0 Å². The number of rotatable bonds is 12. The summed E-state index contributed by atoms with van der Waals surface area (Å²) in [6.07, 6.45) is 1.95. The third-order valence-electron chi connectivity index (χ3n) is 6.46. The summed E-state index contributed by atoms with van der Waals surface area (Å²) in [7, 11) is -3.85. The molecule has 2 amide bonds. The number of nitrogens with zero attached hydrogens (tertiary/aromatic N) is 2. The number of carbonyl (C=O) groups is 2. The smallest absolute Gasteiger partial charge is 0.244 e. The van der Waals surface area contributed by atoms with Crippen molar-refractivity contribution in [2.45, 2.75) is 45.3 Å². The number of halogens is 3. The van der Waals surface area contributed by atoms with Crippen LogP contribution in [0, 0.1) is 3.57 Å². The molecular formula is C29H32Cl2IN3O4S. The van der Waals surface area contributed by atoms with E-state index >= 15 is 0 Å². The van der Waals surface area contributed by atoms with Gasteiger partial charge in [0.1, 0.15) is 12.6 Å². The van der Waals surface area contributed by atoms with Crippen molar-refractivity contribution in [2.24, 2.45) is 0 Å². The van der Waals surface area contributed by atoms with Crippen molar-refractivity contribution in [3.05, 3.63) is 97.5 Å². The Balaban J connectivity index is 2.10. The van der Waals surface area contributed by atoms with Gasteiger partial charge in [-0.1, -0.05) is 66.5 Å². The number of hydrogen-bond donors (Lipinski definition) is 1. The summed E-state index contributed by atoms with van der Waals surface area (Å²) in [6.45, 7) is 3.24. The Morgan fingerprint density at radius 1 is 0.950 bits per heavy atom. The highest BCUT2D eigenvalue weighted by molar-refractivity contribution is 14.1. The number of carbonyl (C=O) groups excluding carboxylic acids is 2. The van der Waals surface area contributed by atoms with Gasteiger partial charge in [0.25, 0.3) is 0 Å². The fourth-order valence-electron chi connectivity index (χ4n) is 4.07. The van der Waals surface area contributed by atoms with Crippen LogP contribution < -0.4 is 9.62 Å². The van der Waals surface area contributed by atoms with Crippen LogP contribution in [0.3, 0.4) is 0 Å². The van der Waals surface area contributed by atoms with Crippen LogP contribution in [-0.4, -0.2) is 50.0 Å². The number of nitrogens with one attached hydrogen (secondary N) is 1. The molecule has 3 rings (SSSR count). The highest BCUT2D eigenvalue weighted by Gasteiger charge is 2.34. The van der Waals surface area contributed by atoms with Crippen LogP contribution in [0.2, 0.25) is 10.0 Å². The first-order chi connectivity index (χ1) is 18.9. The van der Waals surface area contributed by atoms with Crippen LogP contribution in [0.15, 0.2) is 72.8 Å². The lowest BCUT2D eigenvalue weighted by Crippen LogP contribution is -2.54. The summed E-state index contributed by atoms with van der Waals surface area (Å²) in [4.78, 5) is 29.2. The van der Waals surface area contributed by atoms with E-state index in [1.54, 1.807) is 42.5 Å². The number of hydrogen-bond acceptors (Lipinski definition) is 4. The van der Waals surface area contributed by atoms with Crippen molar-refractivity contribution >= 4 is 73.3 Å². The molecule has 0 aliphatic rings. The molecule has 3 aromatic carbocycles. The van der Waals surface area contributed by atoms with Crippen molar-refractivity contribution < 1.29 is 18.0 Å². The van der Waals surface area contributed by atoms with E-state index < -0.39 is 28.5 Å². The number of benzene rings is 3. The maximum absolute atomic E-state index is 14.1. The fraction of sp³-hybridized carbons (Fsp3) is 0.310. The molecule has 0 unspecified atom stereocenters. The van der Waals surface area contributed by atoms with Crippen LogP contribution in [0.25, 0.3) is 0 Å². The Morgan fingerprint density at radius 2 is 1.55 bits per heavy atom. The van der Waals surface area contributed by atoms with Crippen molar-refractivity contribution in [3.63, 3.8) is 0 Å². The third-order valence-corrected chi connectivity index (χ3v) is 9.02. The van der Waals surface area contributed by atoms with Gasteiger partial charge < -0.3 is 10.2 Å². The van der Waals surface area contributed by atoms with E-state index in [2.05, 4.69) is 27.9 Å². The van der Waals surface area contributed by atoms with Crippen molar-refractivity contribution in [1.82, 2.24) is 10.2 Å². The predicted molar refractivity (Wildman–Crippen MR) is 170 cm³/mol. The van der Waals surface area contributed by atoms with Gasteiger partial charge in [0, 0.05) is 38.2 Å². The van der Waals surface area contributed by atoms with Gasteiger partial charge in [-0.3, -0.25) is 13.9 Å². The van der Waals surface area contributed by atoms with Crippen LogP contribution in [0.5, 0.6) is 0 Å². The van der Waals surface area contributed by atoms with Gasteiger partial charge in [-0.15, -0.1) is 0 Å². The molecule has 0 radical (unpaired) electrons. The molecule has 214 valence electrons.